The summed E-state index contributed by atoms with van der Waals surface area (Å²) in [6, 6.07) is 0.959. The van der Waals surface area contributed by atoms with Crippen LogP contribution in [0.2, 0.25) is 0 Å². The third-order valence-electron chi connectivity index (χ3n) is 4.18. The Labute approximate surface area is 173 Å². The van der Waals surface area contributed by atoms with E-state index in [1.54, 1.807) is 0 Å². The van der Waals surface area contributed by atoms with Gasteiger partial charge < -0.3 is 24.4 Å². The number of nitrogens with zero attached hydrogens (tertiary/aromatic N) is 1. The highest BCUT2D eigenvalue weighted by Gasteiger charge is 2.44. The number of H-pyrrole nitrogens is 1. The van der Waals surface area contributed by atoms with Crippen molar-refractivity contribution in [3.05, 3.63) is 62.2 Å². The molecule has 1 saturated heterocycles. The molecule has 31 heavy (non-hydrogen) atoms. The van der Waals surface area contributed by atoms with Crippen LogP contribution in [-0.4, -0.2) is 49.9 Å². The van der Waals surface area contributed by atoms with E-state index in [1.165, 1.54) is 0 Å². The Hall–Kier alpha value is -2.88. The largest absolute Gasteiger partial charge is 0.454 e. The molecule has 1 aliphatic rings. The highest BCUT2D eigenvalue weighted by atomic mass is 32.1. The Bertz CT molecular complexity index is 1110. The fraction of sp³-hybridized carbons (Fsp3) is 0.312. The molecule has 1 aromatic heterocycles. The number of halogens is 5. The third kappa shape index (κ3) is 4.30. The van der Waals surface area contributed by atoms with Crippen LogP contribution in [0.4, 0.5) is 22.0 Å². The van der Waals surface area contributed by atoms with Crippen LogP contribution in [0, 0.1) is 29.1 Å². The van der Waals surface area contributed by atoms with Crippen molar-refractivity contribution in [3.63, 3.8) is 0 Å². The van der Waals surface area contributed by atoms with Gasteiger partial charge in [-0.25, -0.2) is 18.0 Å². The van der Waals surface area contributed by atoms with Gasteiger partial charge in [0.25, 0.3) is 5.56 Å². The molecule has 3 N–H and O–H groups in total. The number of hydrogen-bond acceptors (Lipinski definition) is 8. The van der Waals surface area contributed by atoms with E-state index in [9.17, 15) is 41.8 Å². The van der Waals surface area contributed by atoms with Crippen LogP contribution in [0.1, 0.15) is 6.23 Å². The van der Waals surface area contributed by atoms with E-state index in [1.807, 2.05) is 4.98 Å². The first kappa shape index (κ1) is 22.8. The Morgan fingerprint density at radius 2 is 1.65 bits per heavy atom. The Kier molecular flexibility index (Phi) is 6.40. The molecule has 1 aliphatic heterocycles. The fourth-order valence-corrected chi connectivity index (χ4v) is 2.81. The van der Waals surface area contributed by atoms with Crippen molar-refractivity contribution in [2.24, 2.45) is 0 Å². The Balaban J connectivity index is 1.69. The molecule has 0 spiro atoms. The van der Waals surface area contributed by atoms with Gasteiger partial charge in [-0.05, 0) is 0 Å². The summed E-state index contributed by atoms with van der Waals surface area (Å²) in [4.78, 5) is 24.8. The van der Waals surface area contributed by atoms with Gasteiger partial charge in [0, 0.05) is 24.5 Å². The van der Waals surface area contributed by atoms with Gasteiger partial charge in [0.2, 0.25) is 34.8 Å². The number of aromatic nitrogens is 2. The molecule has 1 fully saturated rings. The van der Waals surface area contributed by atoms with Gasteiger partial charge in [-0.2, -0.15) is 8.78 Å². The maximum atomic E-state index is 13.6. The van der Waals surface area contributed by atoms with Gasteiger partial charge in [-0.1, -0.05) is 0 Å². The molecule has 0 bridgehead atoms. The van der Waals surface area contributed by atoms with Crippen LogP contribution in [0.3, 0.4) is 0 Å². The number of aromatic amines is 1. The summed E-state index contributed by atoms with van der Waals surface area (Å²) in [7, 11) is 0. The lowest BCUT2D eigenvalue weighted by molar-refractivity contribution is -0.0546. The molecule has 0 unspecified atom stereocenters. The average molecular weight is 470 g/mol. The van der Waals surface area contributed by atoms with E-state index in [0.717, 1.165) is 16.8 Å². The summed E-state index contributed by atoms with van der Waals surface area (Å²) in [6.07, 6.45) is -5.13. The zero-order valence-electron chi connectivity index (χ0n) is 14.9. The minimum Gasteiger partial charge on any atom is -0.454 e. The molecule has 0 amide bonds. The fourth-order valence-electron chi connectivity index (χ4n) is 2.66. The second-order valence-corrected chi connectivity index (χ2v) is 6.46. The minimum absolute atomic E-state index is 0.707. The van der Waals surface area contributed by atoms with Crippen molar-refractivity contribution in [3.8, 4) is 5.75 Å². The summed E-state index contributed by atoms with van der Waals surface area (Å²) in [5.41, 5.74) is -1.67. The predicted molar refractivity (Wildman–Crippen MR) is 92.7 cm³/mol. The maximum Gasteiger partial charge on any atom is 0.358 e. The standard InChI is InChI=1S/C16H11F5N2O7S/c17-6-7(18)9(20)13(10(21)8(6)19)30-16(31)28-3-4-11(25)12(26)14(29-4)23-2-1-5(24)22-15(23)27/h1-2,4,11-12,14,25-26H,3H2,(H,22,24,27)/t4-,11-,12-,14-/m1/s1. The van der Waals surface area contributed by atoms with Crippen molar-refractivity contribution < 1.29 is 46.4 Å². The number of hydrogen-bond donors (Lipinski definition) is 3. The van der Waals surface area contributed by atoms with Crippen LogP contribution < -0.4 is 16.0 Å². The molecule has 4 atom stereocenters. The van der Waals surface area contributed by atoms with Crippen molar-refractivity contribution in [1.29, 1.82) is 0 Å². The zero-order chi connectivity index (χ0) is 23.0. The number of aliphatic hydroxyl groups excluding tert-OH is 2. The lowest BCUT2D eigenvalue weighted by atomic mass is 10.1. The SMILES string of the molecule is O=c1ccn([C@@H]2O[C@H](COC(=S)Oc3c(F)c(F)c(F)c(F)c3F)[C@@H](O)[C@H]2O)c(=O)[nH]1. The van der Waals surface area contributed by atoms with E-state index in [-0.39, 0.29) is 0 Å². The quantitative estimate of drug-likeness (QED) is 0.251. The summed E-state index contributed by atoms with van der Waals surface area (Å²) in [5, 5.41) is 19.0. The normalized spacial score (nSPS) is 23.1. The van der Waals surface area contributed by atoms with E-state index >= 15 is 0 Å². The highest BCUT2D eigenvalue weighted by molar-refractivity contribution is 7.79. The number of ether oxygens (including phenoxy) is 3. The minimum atomic E-state index is -2.39. The molecule has 9 nitrogen and oxygen atoms in total. The average Bonchev–Trinajstić information content (AvgIpc) is 3.01. The van der Waals surface area contributed by atoms with Crippen molar-refractivity contribution in [1.82, 2.24) is 9.55 Å². The first-order valence-electron chi connectivity index (χ1n) is 8.22. The molecule has 0 aliphatic carbocycles. The summed E-state index contributed by atoms with van der Waals surface area (Å²) >= 11 is 4.52. The molecule has 1 aromatic carbocycles. The second-order valence-electron chi connectivity index (χ2n) is 6.13. The van der Waals surface area contributed by atoms with E-state index in [2.05, 4.69) is 17.0 Å². The van der Waals surface area contributed by atoms with Crippen molar-refractivity contribution in [2.75, 3.05) is 6.61 Å². The van der Waals surface area contributed by atoms with Crippen LogP contribution in [0.25, 0.3) is 0 Å². The first-order valence-corrected chi connectivity index (χ1v) is 8.62. The first-order chi connectivity index (χ1) is 14.5. The monoisotopic (exact) mass is 470 g/mol. The lowest BCUT2D eigenvalue weighted by Gasteiger charge is -2.17. The summed E-state index contributed by atoms with van der Waals surface area (Å²) in [5.74, 6) is -13.2. The predicted octanol–water partition coefficient (Wildman–Crippen LogP) is 0.232. The number of nitrogens with one attached hydrogen (secondary N) is 1. The Morgan fingerprint density at radius 1 is 1.06 bits per heavy atom. The number of aliphatic hydroxyl groups is 2. The van der Waals surface area contributed by atoms with Gasteiger partial charge in [-0.15, -0.1) is 0 Å². The molecule has 0 radical (unpaired) electrons. The lowest BCUT2D eigenvalue weighted by Crippen LogP contribution is -2.37. The van der Waals surface area contributed by atoms with Crippen molar-refractivity contribution in [2.45, 2.75) is 24.5 Å². The van der Waals surface area contributed by atoms with Gasteiger partial charge in [0.15, 0.2) is 6.23 Å². The van der Waals surface area contributed by atoms with Gasteiger partial charge in [0.1, 0.15) is 24.9 Å². The van der Waals surface area contributed by atoms with Crippen LogP contribution in [0.15, 0.2) is 21.9 Å². The van der Waals surface area contributed by atoms with E-state index in [4.69, 9.17) is 9.47 Å². The van der Waals surface area contributed by atoms with Gasteiger partial charge >= 0.3 is 10.9 Å². The zero-order valence-corrected chi connectivity index (χ0v) is 15.7. The van der Waals surface area contributed by atoms with E-state index < -0.39 is 82.5 Å². The van der Waals surface area contributed by atoms with E-state index in [0.29, 0.717) is 0 Å². The van der Waals surface area contributed by atoms with Crippen molar-refractivity contribution >= 4 is 17.5 Å². The molecule has 15 heteroatoms. The van der Waals surface area contributed by atoms with Crippen LogP contribution >= 0.6 is 12.2 Å². The van der Waals surface area contributed by atoms with Crippen LogP contribution in [0.5, 0.6) is 5.75 Å². The highest BCUT2D eigenvalue weighted by Crippen LogP contribution is 2.30. The number of benzene rings is 1. The molecular weight excluding hydrogens is 459 g/mol. The summed E-state index contributed by atoms with van der Waals surface area (Å²) < 4.78 is 81.8. The third-order valence-corrected chi connectivity index (χ3v) is 4.38. The molecule has 0 saturated carbocycles. The molecule has 2 heterocycles. The molecule has 168 valence electrons. The Morgan fingerprint density at radius 3 is 2.23 bits per heavy atom. The molecule has 3 rings (SSSR count). The smallest absolute Gasteiger partial charge is 0.358 e. The molecular formula is C16H11F5N2O7S. The molecule has 2 aromatic rings. The van der Waals surface area contributed by atoms with Gasteiger partial charge in [0.05, 0.1) is 0 Å². The second kappa shape index (κ2) is 8.70. The number of rotatable bonds is 4. The number of thiocarbonyl (C=S) groups is 1. The maximum absolute atomic E-state index is 13.6. The summed E-state index contributed by atoms with van der Waals surface area (Å²) in [6.45, 7) is -0.707. The van der Waals surface area contributed by atoms with Crippen LogP contribution in [-0.2, 0) is 9.47 Å². The topological polar surface area (TPSA) is 123 Å². The van der Waals surface area contributed by atoms with Gasteiger partial charge in [-0.3, -0.25) is 14.3 Å².